The highest BCUT2D eigenvalue weighted by Crippen LogP contribution is 2.04. The molecule has 0 aliphatic heterocycles. The summed E-state index contributed by atoms with van der Waals surface area (Å²) in [5.41, 5.74) is 6.92. The fraction of sp³-hybridized carbons (Fsp3) is 0.333. The summed E-state index contributed by atoms with van der Waals surface area (Å²) in [4.78, 5) is 3.88. The standard InChI is InChI=1S/C9H13N3O.ClH/c10-5-1-2-9(12-13)8-3-6-11-7-4-8;/h3-4,6-7,13H,1-2,5,10H2;1H/b12-9+;. The first-order valence-corrected chi connectivity index (χ1v) is 4.20. The fourth-order valence-corrected chi connectivity index (χ4v) is 1.07. The monoisotopic (exact) mass is 215 g/mol. The Balaban J connectivity index is 0.00000169. The number of aromatic nitrogens is 1. The van der Waals surface area contributed by atoms with Crippen molar-refractivity contribution in [3.63, 3.8) is 0 Å². The third-order valence-electron chi connectivity index (χ3n) is 1.75. The SMILES string of the molecule is Cl.NCCC/C(=N\O)c1ccncc1. The molecule has 0 bridgehead atoms. The highest BCUT2D eigenvalue weighted by Gasteiger charge is 2.02. The van der Waals surface area contributed by atoms with Gasteiger partial charge in [-0.1, -0.05) is 5.16 Å². The van der Waals surface area contributed by atoms with Crippen molar-refractivity contribution in [2.45, 2.75) is 12.8 Å². The van der Waals surface area contributed by atoms with Crippen molar-refractivity contribution >= 4 is 18.1 Å². The van der Waals surface area contributed by atoms with E-state index in [4.69, 9.17) is 10.9 Å². The van der Waals surface area contributed by atoms with Crippen molar-refractivity contribution < 1.29 is 5.21 Å². The van der Waals surface area contributed by atoms with Crippen LogP contribution in [0.5, 0.6) is 0 Å². The highest BCUT2D eigenvalue weighted by atomic mass is 35.5. The van der Waals surface area contributed by atoms with Crippen LogP contribution >= 0.6 is 12.4 Å². The molecule has 1 heterocycles. The first-order valence-electron chi connectivity index (χ1n) is 4.20. The molecule has 14 heavy (non-hydrogen) atoms. The van der Waals surface area contributed by atoms with Crippen LogP contribution in [0.2, 0.25) is 0 Å². The minimum absolute atomic E-state index is 0. The lowest BCUT2D eigenvalue weighted by molar-refractivity contribution is 0.318. The van der Waals surface area contributed by atoms with Gasteiger partial charge in [-0.25, -0.2) is 0 Å². The molecule has 0 amide bonds. The van der Waals surface area contributed by atoms with Crippen LogP contribution < -0.4 is 5.73 Å². The zero-order valence-electron chi connectivity index (χ0n) is 7.76. The Morgan fingerprint density at radius 3 is 2.57 bits per heavy atom. The molecule has 4 nitrogen and oxygen atoms in total. The molecule has 5 heteroatoms. The van der Waals surface area contributed by atoms with Gasteiger partial charge in [0.05, 0.1) is 5.71 Å². The average Bonchev–Trinajstić information content (AvgIpc) is 2.21. The number of oxime groups is 1. The van der Waals surface area contributed by atoms with Crippen LogP contribution in [0.4, 0.5) is 0 Å². The van der Waals surface area contributed by atoms with Crippen molar-refractivity contribution in [3.8, 4) is 0 Å². The molecule has 0 unspecified atom stereocenters. The molecule has 1 aromatic heterocycles. The Morgan fingerprint density at radius 2 is 2.07 bits per heavy atom. The second kappa shape index (κ2) is 7.29. The Labute approximate surface area is 89.2 Å². The van der Waals surface area contributed by atoms with E-state index in [1.165, 1.54) is 0 Å². The Hall–Kier alpha value is -1.13. The lowest BCUT2D eigenvalue weighted by atomic mass is 10.1. The van der Waals surface area contributed by atoms with Gasteiger partial charge in [-0.2, -0.15) is 0 Å². The molecule has 0 aromatic carbocycles. The van der Waals surface area contributed by atoms with E-state index in [1.54, 1.807) is 12.4 Å². The molecule has 0 saturated heterocycles. The topological polar surface area (TPSA) is 71.5 Å². The first kappa shape index (κ1) is 12.9. The van der Waals surface area contributed by atoms with Gasteiger partial charge < -0.3 is 10.9 Å². The van der Waals surface area contributed by atoms with E-state index < -0.39 is 0 Å². The van der Waals surface area contributed by atoms with Gasteiger partial charge in [0.15, 0.2) is 0 Å². The molecular formula is C9H14ClN3O. The van der Waals surface area contributed by atoms with Crippen LogP contribution in [-0.4, -0.2) is 22.4 Å². The Kier molecular flexibility index (Phi) is 6.70. The largest absolute Gasteiger partial charge is 0.411 e. The van der Waals surface area contributed by atoms with E-state index in [-0.39, 0.29) is 12.4 Å². The number of nitrogens with two attached hydrogens (primary N) is 1. The second-order valence-corrected chi connectivity index (χ2v) is 2.67. The van der Waals surface area contributed by atoms with E-state index in [0.717, 1.165) is 12.0 Å². The van der Waals surface area contributed by atoms with Crippen LogP contribution in [-0.2, 0) is 0 Å². The number of hydrogen-bond acceptors (Lipinski definition) is 4. The Morgan fingerprint density at radius 1 is 1.43 bits per heavy atom. The smallest absolute Gasteiger partial charge is 0.0869 e. The molecule has 3 N–H and O–H groups in total. The summed E-state index contributed by atoms with van der Waals surface area (Å²) in [6.07, 6.45) is 4.85. The van der Waals surface area contributed by atoms with Gasteiger partial charge in [0.2, 0.25) is 0 Å². The fourth-order valence-electron chi connectivity index (χ4n) is 1.07. The number of pyridine rings is 1. The van der Waals surface area contributed by atoms with Gasteiger partial charge in [0, 0.05) is 18.0 Å². The lowest BCUT2D eigenvalue weighted by Gasteiger charge is -2.02. The summed E-state index contributed by atoms with van der Waals surface area (Å²) in [5, 5.41) is 12.0. The number of halogens is 1. The van der Waals surface area contributed by atoms with E-state index in [0.29, 0.717) is 18.7 Å². The van der Waals surface area contributed by atoms with Gasteiger partial charge in [-0.15, -0.1) is 12.4 Å². The molecule has 0 aliphatic rings. The summed E-state index contributed by atoms with van der Waals surface area (Å²) < 4.78 is 0. The van der Waals surface area contributed by atoms with Crippen molar-refractivity contribution in [1.29, 1.82) is 0 Å². The van der Waals surface area contributed by atoms with Crippen molar-refractivity contribution in [1.82, 2.24) is 4.98 Å². The van der Waals surface area contributed by atoms with E-state index >= 15 is 0 Å². The summed E-state index contributed by atoms with van der Waals surface area (Å²) in [7, 11) is 0. The molecule has 0 fully saturated rings. The van der Waals surface area contributed by atoms with Gasteiger partial charge in [-0.05, 0) is 31.5 Å². The Bertz CT molecular complexity index is 277. The lowest BCUT2D eigenvalue weighted by Crippen LogP contribution is -2.06. The summed E-state index contributed by atoms with van der Waals surface area (Å²) in [6, 6.07) is 3.62. The molecule has 0 spiro atoms. The van der Waals surface area contributed by atoms with Gasteiger partial charge in [-0.3, -0.25) is 4.98 Å². The number of nitrogens with zero attached hydrogens (tertiary/aromatic N) is 2. The van der Waals surface area contributed by atoms with E-state index in [2.05, 4.69) is 10.1 Å². The van der Waals surface area contributed by atoms with Crippen LogP contribution in [0.3, 0.4) is 0 Å². The van der Waals surface area contributed by atoms with Crippen LogP contribution in [0, 0.1) is 0 Å². The van der Waals surface area contributed by atoms with Gasteiger partial charge in [0.1, 0.15) is 0 Å². The predicted octanol–water partition coefficient (Wildman–Crippen LogP) is 1.42. The van der Waals surface area contributed by atoms with E-state index in [9.17, 15) is 0 Å². The molecule has 0 saturated carbocycles. The molecule has 1 rings (SSSR count). The molecule has 78 valence electrons. The normalized spacial score (nSPS) is 10.8. The quantitative estimate of drug-likeness (QED) is 0.453. The highest BCUT2D eigenvalue weighted by molar-refractivity contribution is 5.99. The summed E-state index contributed by atoms with van der Waals surface area (Å²) >= 11 is 0. The average molecular weight is 216 g/mol. The third kappa shape index (κ3) is 3.72. The minimum Gasteiger partial charge on any atom is -0.411 e. The van der Waals surface area contributed by atoms with Gasteiger partial charge in [0.25, 0.3) is 0 Å². The maximum absolute atomic E-state index is 8.73. The first-order chi connectivity index (χ1) is 6.38. The molecule has 0 radical (unpaired) electrons. The second-order valence-electron chi connectivity index (χ2n) is 2.67. The third-order valence-corrected chi connectivity index (χ3v) is 1.75. The maximum Gasteiger partial charge on any atom is 0.0869 e. The minimum atomic E-state index is 0. The zero-order valence-corrected chi connectivity index (χ0v) is 8.57. The zero-order chi connectivity index (χ0) is 9.52. The number of hydrogen-bond donors (Lipinski definition) is 2. The number of rotatable bonds is 4. The van der Waals surface area contributed by atoms with E-state index in [1.807, 2.05) is 12.1 Å². The maximum atomic E-state index is 8.73. The predicted molar refractivity (Wildman–Crippen MR) is 58.1 cm³/mol. The van der Waals surface area contributed by atoms with Crippen molar-refractivity contribution in [2.75, 3.05) is 6.54 Å². The van der Waals surface area contributed by atoms with Crippen molar-refractivity contribution in [3.05, 3.63) is 30.1 Å². The van der Waals surface area contributed by atoms with Crippen LogP contribution in [0.25, 0.3) is 0 Å². The summed E-state index contributed by atoms with van der Waals surface area (Å²) in [5.74, 6) is 0. The summed E-state index contributed by atoms with van der Waals surface area (Å²) in [6.45, 7) is 0.601. The molecular weight excluding hydrogens is 202 g/mol. The van der Waals surface area contributed by atoms with Crippen LogP contribution in [0.1, 0.15) is 18.4 Å². The van der Waals surface area contributed by atoms with Gasteiger partial charge >= 0.3 is 0 Å². The molecule has 1 aromatic rings. The molecule has 0 atom stereocenters. The van der Waals surface area contributed by atoms with Crippen molar-refractivity contribution in [2.24, 2.45) is 10.9 Å². The van der Waals surface area contributed by atoms with Crippen LogP contribution in [0.15, 0.2) is 29.7 Å². The molecule has 0 aliphatic carbocycles.